The van der Waals surface area contributed by atoms with Crippen LogP contribution in [-0.4, -0.2) is 66.3 Å². The van der Waals surface area contributed by atoms with Crippen molar-refractivity contribution in [2.45, 2.75) is 51.0 Å². The number of pyridine rings is 1. The Morgan fingerprint density at radius 3 is 2.15 bits per heavy atom. The zero-order valence-corrected chi connectivity index (χ0v) is 24.8. The first-order valence-electron chi connectivity index (χ1n) is 13.5. The molecule has 1 heterocycles. The van der Waals surface area contributed by atoms with E-state index >= 15 is 0 Å². The Bertz CT molecular complexity index is 1340. The van der Waals surface area contributed by atoms with Gasteiger partial charge in [0.1, 0.15) is 6.54 Å². The van der Waals surface area contributed by atoms with Crippen molar-refractivity contribution < 1.29 is 24.3 Å². The molecule has 0 spiro atoms. The minimum Gasteiger partial charge on any atom is -0.550 e. The fourth-order valence-electron chi connectivity index (χ4n) is 5.78. The van der Waals surface area contributed by atoms with Crippen LogP contribution < -0.4 is 10.4 Å². The Morgan fingerprint density at radius 1 is 1.03 bits per heavy atom. The second-order valence-electron chi connectivity index (χ2n) is 12.0. The Morgan fingerprint density at radius 2 is 1.64 bits per heavy atom. The molecule has 2 N–H and O–H groups in total. The van der Waals surface area contributed by atoms with E-state index in [0.717, 1.165) is 43.2 Å². The molecule has 0 unspecified atom stereocenters. The van der Waals surface area contributed by atoms with Crippen molar-refractivity contribution in [1.82, 2.24) is 10.3 Å². The molecule has 8 heteroatoms. The SMILES string of the molecule is C[N+](C)(C)CCO.Cc1c(-c2ccccc2)nc2ccc(Br)cc2c1C(=O)NC12CCC(C(=O)[O-])(CC1)CC2. The molecule has 6 rings (SSSR count). The van der Waals surface area contributed by atoms with Crippen molar-refractivity contribution in [2.24, 2.45) is 5.41 Å². The number of rotatable bonds is 6. The summed E-state index contributed by atoms with van der Waals surface area (Å²) in [5, 5.41) is 24.2. The fraction of sp³-hybridized carbons (Fsp3) is 0.452. The average Bonchev–Trinajstić information content (AvgIpc) is 2.89. The fourth-order valence-corrected chi connectivity index (χ4v) is 6.14. The number of hydrogen-bond donors (Lipinski definition) is 2. The van der Waals surface area contributed by atoms with Crippen molar-refractivity contribution in [3.63, 3.8) is 0 Å². The van der Waals surface area contributed by atoms with Gasteiger partial charge in [0.05, 0.1) is 44.5 Å². The maximum absolute atomic E-state index is 13.8. The number of likely N-dealkylation sites (N-methyl/N-ethyl adjacent to an activating group) is 1. The quantitative estimate of drug-likeness (QED) is 0.415. The Kier molecular flexibility index (Phi) is 8.50. The topological polar surface area (TPSA) is 102 Å². The van der Waals surface area contributed by atoms with Gasteiger partial charge in [-0.3, -0.25) is 4.79 Å². The highest BCUT2D eigenvalue weighted by molar-refractivity contribution is 9.10. The van der Waals surface area contributed by atoms with Gasteiger partial charge in [0.2, 0.25) is 0 Å². The average molecular weight is 597 g/mol. The number of nitrogens with zero attached hydrogens (tertiary/aromatic N) is 2. The van der Waals surface area contributed by atoms with Gasteiger partial charge < -0.3 is 24.8 Å². The molecule has 2 aromatic carbocycles. The molecule has 0 saturated heterocycles. The van der Waals surface area contributed by atoms with Crippen molar-refractivity contribution in [2.75, 3.05) is 34.3 Å². The summed E-state index contributed by atoms with van der Waals surface area (Å²) in [6.07, 6.45) is 3.70. The van der Waals surface area contributed by atoms with E-state index in [2.05, 4.69) is 42.4 Å². The summed E-state index contributed by atoms with van der Waals surface area (Å²) in [6, 6.07) is 15.7. The first-order valence-corrected chi connectivity index (χ1v) is 14.3. The highest BCUT2D eigenvalue weighted by Crippen LogP contribution is 2.52. The van der Waals surface area contributed by atoms with Crippen LogP contribution in [-0.2, 0) is 4.79 Å². The molecule has 0 aliphatic heterocycles. The first-order chi connectivity index (χ1) is 18.4. The lowest BCUT2D eigenvalue weighted by atomic mass is 9.57. The van der Waals surface area contributed by atoms with Crippen LogP contribution in [0.2, 0.25) is 0 Å². The van der Waals surface area contributed by atoms with Crippen molar-refractivity contribution in [3.8, 4) is 11.3 Å². The van der Waals surface area contributed by atoms with Gasteiger partial charge in [0.25, 0.3) is 5.91 Å². The standard InChI is InChI=1S/C26H25BrN2O3.C5H14NO/c1-16-21(23(30)29-26-12-9-25(10-13-26,11-14-26)24(31)32)19-15-18(27)7-8-20(19)28-22(16)17-5-3-2-4-6-17;1-6(2,3)4-5-7/h2-8,15H,9-14H2,1H3,(H,29,30)(H,31,32);7H,4-5H2,1-3H3/q;+1/p-1. The van der Waals surface area contributed by atoms with Crippen LogP contribution >= 0.6 is 15.9 Å². The van der Waals surface area contributed by atoms with Crippen LogP contribution in [0.1, 0.15) is 54.4 Å². The van der Waals surface area contributed by atoms with E-state index in [1.165, 1.54) is 0 Å². The van der Waals surface area contributed by atoms with E-state index in [9.17, 15) is 14.7 Å². The number of hydrogen-bond acceptors (Lipinski definition) is 5. The summed E-state index contributed by atoms with van der Waals surface area (Å²) in [4.78, 5) is 30.3. The number of aliphatic hydroxyl groups excluding tert-OH is 1. The number of carbonyl (C=O) groups excluding carboxylic acids is 2. The molecule has 0 radical (unpaired) electrons. The smallest absolute Gasteiger partial charge is 0.252 e. The summed E-state index contributed by atoms with van der Waals surface area (Å²) in [6.45, 7) is 3.06. The van der Waals surface area contributed by atoms with Gasteiger partial charge in [0.15, 0.2) is 0 Å². The minimum atomic E-state index is -0.939. The van der Waals surface area contributed by atoms with Gasteiger partial charge in [-0.1, -0.05) is 46.3 Å². The van der Waals surface area contributed by atoms with Gasteiger partial charge >= 0.3 is 0 Å². The molecule has 3 fully saturated rings. The first kappa shape index (κ1) is 29.2. The molecule has 39 heavy (non-hydrogen) atoms. The lowest BCUT2D eigenvalue weighted by molar-refractivity contribution is -0.870. The molecule has 2 bridgehead atoms. The molecule has 1 amide bonds. The number of carboxylic acids is 1. The molecule has 3 aromatic rings. The molecular formula is C31H38BrN3O4. The van der Waals surface area contributed by atoms with E-state index < -0.39 is 11.4 Å². The zero-order valence-electron chi connectivity index (χ0n) is 23.2. The number of amides is 1. The van der Waals surface area contributed by atoms with E-state index in [0.29, 0.717) is 44.1 Å². The highest BCUT2D eigenvalue weighted by atomic mass is 79.9. The maximum Gasteiger partial charge on any atom is 0.252 e. The van der Waals surface area contributed by atoms with Gasteiger partial charge in [0, 0.05) is 32.3 Å². The second kappa shape index (κ2) is 11.4. The number of carboxylic acid groups (broad SMARTS) is 1. The summed E-state index contributed by atoms with van der Waals surface area (Å²) >= 11 is 3.53. The number of halogens is 1. The van der Waals surface area contributed by atoms with Crippen LogP contribution in [0, 0.1) is 12.3 Å². The third kappa shape index (κ3) is 6.34. The summed E-state index contributed by atoms with van der Waals surface area (Å²) in [5.74, 6) is -1.06. The number of nitrogens with one attached hydrogen (secondary N) is 1. The normalized spacial score (nSPS) is 22.2. The third-order valence-corrected chi connectivity index (χ3v) is 8.79. The van der Waals surface area contributed by atoms with Crippen LogP contribution in [0.5, 0.6) is 0 Å². The number of quaternary nitrogens is 1. The Hall–Kier alpha value is -2.81. The van der Waals surface area contributed by atoms with Crippen LogP contribution in [0.3, 0.4) is 0 Å². The van der Waals surface area contributed by atoms with Crippen molar-refractivity contribution in [3.05, 3.63) is 64.1 Å². The zero-order chi connectivity index (χ0) is 28.4. The van der Waals surface area contributed by atoms with E-state index in [-0.39, 0.29) is 18.1 Å². The van der Waals surface area contributed by atoms with Crippen LogP contribution in [0.25, 0.3) is 22.2 Å². The Balaban J connectivity index is 0.000000448. The largest absolute Gasteiger partial charge is 0.550 e. The number of carbonyl (C=O) groups is 2. The third-order valence-electron chi connectivity index (χ3n) is 8.29. The number of benzene rings is 2. The summed E-state index contributed by atoms with van der Waals surface area (Å²) in [5.41, 5.74) is 2.94. The lowest BCUT2D eigenvalue weighted by Crippen LogP contribution is -2.60. The molecular weight excluding hydrogens is 558 g/mol. The lowest BCUT2D eigenvalue weighted by Gasteiger charge is -2.54. The molecule has 0 atom stereocenters. The molecule has 3 saturated carbocycles. The monoisotopic (exact) mass is 595 g/mol. The van der Waals surface area contributed by atoms with E-state index in [1.807, 2.05) is 55.5 Å². The predicted octanol–water partition coefficient (Wildman–Crippen LogP) is 4.23. The van der Waals surface area contributed by atoms with Gasteiger partial charge in [-0.25, -0.2) is 4.98 Å². The second-order valence-corrected chi connectivity index (χ2v) is 12.9. The van der Waals surface area contributed by atoms with E-state index in [1.54, 1.807) is 0 Å². The van der Waals surface area contributed by atoms with Gasteiger partial charge in [-0.2, -0.15) is 0 Å². The van der Waals surface area contributed by atoms with Crippen LogP contribution in [0.4, 0.5) is 0 Å². The van der Waals surface area contributed by atoms with Gasteiger partial charge in [-0.05, 0) is 69.2 Å². The van der Waals surface area contributed by atoms with E-state index in [4.69, 9.17) is 10.1 Å². The number of aliphatic carboxylic acids is 1. The predicted molar refractivity (Wildman–Crippen MR) is 155 cm³/mol. The molecule has 7 nitrogen and oxygen atoms in total. The number of aliphatic hydroxyl groups is 1. The maximum atomic E-state index is 13.8. The Labute approximate surface area is 239 Å². The van der Waals surface area contributed by atoms with Crippen molar-refractivity contribution >= 4 is 38.7 Å². The molecule has 3 aliphatic carbocycles. The molecule has 3 aliphatic rings. The minimum absolute atomic E-state index is 0.118. The number of aromatic nitrogens is 1. The van der Waals surface area contributed by atoms with Crippen molar-refractivity contribution in [1.29, 1.82) is 0 Å². The number of fused-ring (bicyclic) bond motifs is 4. The summed E-state index contributed by atoms with van der Waals surface area (Å²) in [7, 11) is 6.16. The molecule has 208 valence electrons. The molecule has 1 aromatic heterocycles. The highest BCUT2D eigenvalue weighted by Gasteiger charge is 2.50. The summed E-state index contributed by atoms with van der Waals surface area (Å²) < 4.78 is 1.73. The van der Waals surface area contributed by atoms with Crippen LogP contribution in [0.15, 0.2) is 53.0 Å². The van der Waals surface area contributed by atoms with Gasteiger partial charge in [-0.15, -0.1) is 0 Å².